The minimum Gasteiger partial charge on any atom is -0.490 e. The SMILES string of the molecule is C[C@@H]1c2cccc(C(=O)N3CCN(S(=O)(=O)c4ccc5c(c4)OCCCO5)CC3)c2O[C@@H]1C. The van der Waals surface area contributed by atoms with Crippen LogP contribution in [-0.2, 0) is 10.0 Å². The van der Waals surface area contributed by atoms with Crippen molar-refractivity contribution in [1.82, 2.24) is 9.21 Å². The summed E-state index contributed by atoms with van der Waals surface area (Å²) < 4.78 is 45.1. The molecule has 0 N–H and O–H groups in total. The molecule has 0 unspecified atom stereocenters. The number of rotatable bonds is 3. The second-order valence-electron chi connectivity index (χ2n) is 8.69. The number of ether oxygens (including phenoxy) is 3. The fourth-order valence-corrected chi connectivity index (χ4v) is 5.95. The summed E-state index contributed by atoms with van der Waals surface area (Å²) in [5, 5.41) is 0. The summed E-state index contributed by atoms with van der Waals surface area (Å²) in [7, 11) is -3.71. The van der Waals surface area contributed by atoms with E-state index >= 15 is 0 Å². The van der Waals surface area contributed by atoms with Crippen LogP contribution in [0.2, 0.25) is 0 Å². The van der Waals surface area contributed by atoms with Crippen molar-refractivity contribution < 1.29 is 27.4 Å². The Bertz CT molecular complexity index is 1170. The van der Waals surface area contributed by atoms with Crippen molar-refractivity contribution in [3.63, 3.8) is 0 Å². The molecule has 2 atom stereocenters. The topological polar surface area (TPSA) is 85.4 Å². The van der Waals surface area contributed by atoms with E-state index in [4.69, 9.17) is 14.2 Å². The molecular formula is C24H28N2O6S. The maximum Gasteiger partial charge on any atom is 0.257 e. The quantitative estimate of drug-likeness (QED) is 0.683. The highest BCUT2D eigenvalue weighted by atomic mass is 32.2. The van der Waals surface area contributed by atoms with Crippen molar-refractivity contribution >= 4 is 15.9 Å². The Morgan fingerprint density at radius 3 is 2.45 bits per heavy atom. The number of amides is 1. The number of hydrogen-bond acceptors (Lipinski definition) is 6. The Balaban J connectivity index is 1.30. The Labute approximate surface area is 194 Å². The lowest BCUT2D eigenvalue weighted by Crippen LogP contribution is -2.50. The minimum absolute atomic E-state index is 0.0197. The molecule has 3 aliphatic heterocycles. The van der Waals surface area contributed by atoms with Gasteiger partial charge in [-0.1, -0.05) is 19.1 Å². The summed E-state index contributed by atoms with van der Waals surface area (Å²) in [5.74, 6) is 1.77. The van der Waals surface area contributed by atoms with Gasteiger partial charge in [-0.25, -0.2) is 8.42 Å². The normalized spacial score (nSPS) is 22.9. The summed E-state index contributed by atoms with van der Waals surface area (Å²) in [4.78, 5) is 15.1. The van der Waals surface area contributed by atoms with Crippen molar-refractivity contribution in [3.05, 3.63) is 47.5 Å². The Hall–Kier alpha value is -2.78. The molecule has 0 spiro atoms. The van der Waals surface area contributed by atoms with Crippen LogP contribution >= 0.6 is 0 Å². The molecule has 2 aromatic carbocycles. The molecule has 0 saturated carbocycles. The van der Waals surface area contributed by atoms with Crippen LogP contribution in [0.3, 0.4) is 0 Å². The van der Waals surface area contributed by atoms with E-state index in [2.05, 4.69) is 6.92 Å². The monoisotopic (exact) mass is 472 g/mol. The molecule has 2 aromatic rings. The van der Waals surface area contributed by atoms with Crippen LogP contribution in [0.25, 0.3) is 0 Å². The third-order valence-electron chi connectivity index (χ3n) is 6.66. The van der Waals surface area contributed by atoms with Crippen LogP contribution in [-0.4, -0.2) is 69.0 Å². The second kappa shape index (κ2) is 8.53. The van der Waals surface area contributed by atoms with E-state index in [1.807, 2.05) is 19.1 Å². The van der Waals surface area contributed by atoms with Crippen LogP contribution in [0.4, 0.5) is 0 Å². The van der Waals surface area contributed by atoms with E-state index in [-0.39, 0.29) is 35.9 Å². The van der Waals surface area contributed by atoms with Crippen molar-refractivity contribution in [2.24, 2.45) is 0 Å². The fourth-order valence-electron chi connectivity index (χ4n) is 4.51. The first-order valence-electron chi connectivity index (χ1n) is 11.3. The number of carbonyl (C=O) groups excluding carboxylic acids is 1. The largest absolute Gasteiger partial charge is 0.490 e. The van der Waals surface area contributed by atoms with E-state index < -0.39 is 10.0 Å². The number of hydrogen-bond donors (Lipinski definition) is 0. The highest BCUT2D eigenvalue weighted by molar-refractivity contribution is 7.89. The molecule has 33 heavy (non-hydrogen) atoms. The van der Waals surface area contributed by atoms with Gasteiger partial charge in [0.2, 0.25) is 10.0 Å². The average molecular weight is 473 g/mol. The molecule has 8 nitrogen and oxygen atoms in total. The zero-order chi connectivity index (χ0) is 23.2. The van der Waals surface area contributed by atoms with Gasteiger partial charge in [-0.3, -0.25) is 4.79 Å². The van der Waals surface area contributed by atoms with Gasteiger partial charge in [-0.05, 0) is 25.1 Å². The lowest BCUT2D eigenvalue weighted by molar-refractivity contribution is 0.0692. The van der Waals surface area contributed by atoms with Crippen molar-refractivity contribution in [1.29, 1.82) is 0 Å². The summed E-state index contributed by atoms with van der Waals surface area (Å²) in [6.07, 6.45) is 0.770. The first-order valence-corrected chi connectivity index (χ1v) is 12.8. The third-order valence-corrected chi connectivity index (χ3v) is 8.55. The molecule has 0 aromatic heterocycles. The molecular weight excluding hydrogens is 444 g/mol. The van der Waals surface area contributed by atoms with Gasteiger partial charge >= 0.3 is 0 Å². The maximum atomic E-state index is 13.2. The van der Waals surface area contributed by atoms with E-state index in [0.717, 1.165) is 12.0 Å². The fraction of sp³-hybridized carbons (Fsp3) is 0.458. The lowest BCUT2D eigenvalue weighted by atomic mass is 9.96. The predicted octanol–water partition coefficient (Wildman–Crippen LogP) is 2.88. The highest BCUT2D eigenvalue weighted by Crippen LogP contribution is 2.40. The van der Waals surface area contributed by atoms with Crippen molar-refractivity contribution in [2.75, 3.05) is 39.4 Å². The van der Waals surface area contributed by atoms with E-state index in [1.54, 1.807) is 23.1 Å². The zero-order valence-corrected chi connectivity index (χ0v) is 19.6. The molecule has 0 aliphatic carbocycles. The molecule has 3 heterocycles. The minimum atomic E-state index is -3.71. The maximum absolute atomic E-state index is 13.2. The average Bonchev–Trinajstić information content (AvgIpc) is 2.99. The van der Waals surface area contributed by atoms with Gasteiger partial charge < -0.3 is 19.1 Å². The lowest BCUT2D eigenvalue weighted by Gasteiger charge is -2.34. The van der Waals surface area contributed by atoms with Gasteiger partial charge in [0.15, 0.2) is 11.5 Å². The molecule has 176 valence electrons. The summed E-state index contributed by atoms with van der Waals surface area (Å²) >= 11 is 0. The number of nitrogens with zero attached hydrogens (tertiary/aromatic N) is 2. The Morgan fingerprint density at radius 2 is 1.70 bits per heavy atom. The number of carbonyl (C=O) groups is 1. The van der Waals surface area contributed by atoms with Gasteiger partial charge in [0.25, 0.3) is 5.91 Å². The number of sulfonamides is 1. The molecule has 9 heteroatoms. The van der Waals surface area contributed by atoms with Crippen LogP contribution in [0.15, 0.2) is 41.3 Å². The smallest absolute Gasteiger partial charge is 0.257 e. The third kappa shape index (κ3) is 3.93. The van der Waals surface area contributed by atoms with Gasteiger partial charge in [0.05, 0.1) is 23.7 Å². The number of piperazine rings is 1. The van der Waals surface area contributed by atoms with Gasteiger partial charge in [-0.2, -0.15) is 4.31 Å². The highest BCUT2D eigenvalue weighted by Gasteiger charge is 2.35. The van der Waals surface area contributed by atoms with Crippen LogP contribution < -0.4 is 14.2 Å². The van der Waals surface area contributed by atoms with E-state index in [0.29, 0.717) is 49.1 Å². The van der Waals surface area contributed by atoms with Crippen LogP contribution in [0.1, 0.15) is 42.1 Å². The Morgan fingerprint density at radius 1 is 0.970 bits per heavy atom. The zero-order valence-electron chi connectivity index (χ0n) is 18.8. The summed E-state index contributed by atoms with van der Waals surface area (Å²) in [6, 6.07) is 10.4. The molecule has 5 rings (SSSR count). The predicted molar refractivity (Wildman–Crippen MR) is 122 cm³/mol. The molecule has 1 amide bonds. The first-order chi connectivity index (χ1) is 15.9. The van der Waals surface area contributed by atoms with Crippen LogP contribution in [0.5, 0.6) is 17.2 Å². The molecule has 3 aliphatic rings. The van der Waals surface area contributed by atoms with E-state index in [9.17, 15) is 13.2 Å². The van der Waals surface area contributed by atoms with E-state index in [1.165, 1.54) is 10.4 Å². The summed E-state index contributed by atoms with van der Waals surface area (Å²) in [5.41, 5.74) is 1.59. The standard InChI is InChI=1S/C24H28N2O6S/c1-16-17(2)32-23-19(16)5-3-6-20(23)24(27)25-9-11-26(12-10-25)33(28,29)18-7-8-21-22(15-18)31-14-4-13-30-21/h3,5-8,15-17H,4,9-14H2,1-2H3/t16-,17+/m0/s1. The van der Waals surface area contributed by atoms with Gasteiger partial charge in [0, 0.05) is 50.1 Å². The Kier molecular flexibility index (Phi) is 5.70. The molecule has 0 radical (unpaired) electrons. The van der Waals surface area contributed by atoms with Crippen molar-refractivity contribution in [2.45, 2.75) is 37.2 Å². The number of fused-ring (bicyclic) bond motifs is 2. The second-order valence-corrected chi connectivity index (χ2v) is 10.6. The number of benzene rings is 2. The molecule has 1 fully saturated rings. The molecule has 0 bridgehead atoms. The van der Waals surface area contributed by atoms with Crippen LogP contribution in [0, 0.1) is 0 Å². The van der Waals surface area contributed by atoms with Gasteiger partial charge in [0.1, 0.15) is 11.9 Å². The van der Waals surface area contributed by atoms with Crippen molar-refractivity contribution in [3.8, 4) is 17.2 Å². The van der Waals surface area contributed by atoms with Gasteiger partial charge in [-0.15, -0.1) is 0 Å². The number of para-hydroxylation sites is 1. The summed E-state index contributed by atoms with van der Waals surface area (Å²) in [6.45, 7) is 6.21. The first kappa shape index (κ1) is 22.0. The molecule has 1 saturated heterocycles.